The molecule has 0 aliphatic carbocycles. The van der Waals surface area contributed by atoms with Gasteiger partial charge in [0, 0.05) is 10.6 Å². The molecule has 1 amide bonds. The fourth-order valence-electron chi connectivity index (χ4n) is 3.04. The summed E-state index contributed by atoms with van der Waals surface area (Å²) in [6.45, 7) is 1.70. The standard InChI is InChI=1S/C22H14Cl2N2O4/c1-12-18(21(27)26(25-12)15-4-2-3-13(9-15)22(28)29)11-16-6-8-20(30-16)17-7-5-14(23)10-19(17)24/h2-11H,1H3,(H,28,29)/b18-11-. The molecule has 1 aliphatic rings. The van der Waals surface area contributed by atoms with Gasteiger partial charge in [-0.15, -0.1) is 0 Å². The lowest BCUT2D eigenvalue weighted by Gasteiger charge is -2.12. The van der Waals surface area contributed by atoms with Crippen molar-refractivity contribution in [3.63, 3.8) is 0 Å². The lowest BCUT2D eigenvalue weighted by Crippen LogP contribution is -2.21. The minimum atomic E-state index is -1.08. The zero-order valence-electron chi connectivity index (χ0n) is 15.6. The van der Waals surface area contributed by atoms with Gasteiger partial charge in [-0.2, -0.15) is 10.1 Å². The van der Waals surface area contributed by atoms with Gasteiger partial charge in [-0.1, -0.05) is 29.3 Å². The van der Waals surface area contributed by atoms with E-state index >= 15 is 0 Å². The molecule has 1 N–H and O–H groups in total. The van der Waals surface area contributed by atoms with Crippen molar-refractivity contribution in [3.05, 3.63) is 81.5 Å². The van der Waals surface area contributed by atoms with Gasteiger partial charge in [0.1, 0.15) is 11.5 Å². The van der Waals surface area contributed by atoms with Gasteiger partial charge >= 0.3 is 5.97 Å². The lowest BCUT2D eigenvalue weighted by atomic mass is 10.1. The maximum absolute atomic E-state index is 12.9. The van der Waals surface area contributed by atoms with Crippen molar-refractivity contribution in [3.8, 4) is 11.3 Å². The van der Waals surface area contributed by atoms with E-state index in [1.54, 1.807) is 55.5 Å². The highest BCUT2D eigenvalue weighted by atomic mass is 35.5. The van der Waals surface area contributed by atoms with E-state index in [-0.39, 0.29) is 11.5 Å². The molecular formula is C22H14Cl2N2O4. The van der Waals surface area contributed by atoms with Crippen molar-refractivity contribution >= 4 is 52.6 Å². The maximum atomic E-state index is 12.9. The molecule has 1 aliphatic heterocycles. The fourth-order valence-corrected chi connectivity index (χ4v) is 3.54. The molecule has 2 heterocycles. The highest BCUT2D eigenvalue weighted by molar-refractivity contribution is 6.36. The van der Waals surface area contributed by atoms with Crippen molar-refractivity contribution in [2.75, 3.05) is 5.01 Å². The minimum Gasteiger partial charge on any atom is -0.478 e. The smallest absolute Gasteiger partial charge is 0.335 e. The van der Waals surface area contributed by atoms with Gasteiger partial charge in [0.25, 0.3) is 5.91 Å². The maximum Gasteiger partial charge on any atom is 0.335 e. The van der Waals surface area contributed by atoms with Gasteiger partial charge in [-0.05, 0) is 61.5 Å². The largest absolute Gasteiger partial charge is 0.478 e. The zero-order chi connectivity index (χ0) is 21.4. The molecule has 0 radical (unpaired) electrons. The molecule has 0 atom stereocenters. The summed E-state index contributed by atoms with van der Waals surface area (Å²) in [6.07, 6.45) is 1.59. The van der Waals surface area contributed by atoms with E-state index < -0.39 is 5.97 Å². The molecule has 1 aromatic heterocycles. The number of aromatic carboxylic acids is 1. The van der Waals surface area contributed by atoms with E-state index in [1.165, 1.54) is 17.1 Å². The lowest BCUT2D eigenvalue weighted by molar-refractivity contribution is -0.114. The molecule has 3 aromatic rings. The van der Waals surface area contributed by atoms with Gasteiger partial charge in [-0.25, -0.2) is 4.79 Å². The predicted molar refractivity (Wildman–Crippen MR) is 116 cm³/mol. The molecule has 0 unspecified atom stereocenters. The molecule has 6 nitrogen and oxygen atoms in total. The summed E-state index contributed by atoms with van der Waals surface area (Å²) in [5.41, 5.74) is 1.96. The first-order valence-electron chi connectivity index (χ1n) is 8.84. The van der Waals surface area contributed by atoms with Gasteiger partial charge < -0.3 is 9.52 Å². The number of hydrazone groups is 1. The second-order valence-electron chi connectivity index (χ2n) is 6.54. The average molecular weight is 441 g/mol. The number of carbonyl (C=O) groups excluding carboxylic acids is 1. The number of carbonyl (C=O) groups is 2. The van der Waals surface area contributed by atoms with Crippen molar-refractivity contribution < 1.29 is 19.1 Å². The first-order valence-corrected chi connectivity index (χ1v) is 9.59. The van der Waals surface area contributed by atoms with Crippen LogP contribution in [0.3, 0.4) is 0 Å². The number of benzene rings is 2. The molecule has 0 bridgehead atoms. The molecule has 150 valence electrons. The van der Waals surface area contributed by atoms with Crippen LogP contribution < -0.4 is 5.01 Å². The number of carboxylic acid groups (broad SMARTS) is 1. The van der Waals surface area contributed by atoms with Crippen LogP contribution in [0.2, 0.25) is 10.0 Å². The first kappa shape index (κ1) is 19.9. The molecule has 0 saturated carbocycles. The first-order chi connectivity index (χ1) is 14.3. The van der Waals surface area contributed by atoms with E-state index in [4.69, 9.17) is 32.7 Å². The average Bonchev–Trinajstić information content (AvgIpc) is 3.28. The fraction of sp³-hybridized carbons (Fsp3) is 0.0455. The third-order valence-electron chi connectivity index (χ3n) is 4.51. The topological polar surface area (TPSA) is 83.1 Å². The number of anilines is 1. The molecule has 0 fully saturated rings. The Balaban J connectivity index is 1.63. The summed E-state index contributed by atoms with van der Waals surface area (Å²) in [5, 5.41) is 15.6. The summed E-state index contributed by atoms with van der Waals surface area (Å²) in [6, 6.07) is 14.6. The van der Waals surface area contributed by atoms with Crippen LogP contribution in [0.4, 0.5) is 5.69 Å². The van der Waals surface area contributed by atoms with Gasteiger partial charge in [0.15, 0.2) is 0 Å². The number of halogens is 2. The summed E-state index contributed by atoms with van der Waals surface area (Å²) in [5.74, 6) is -0.467. The molecular weight excluding hydrogens is 427 g/mol. The van der Waals surface area contributed by atoms with E-state index in [0.29, 0.717) is 44.1 Å². The molecule has 2 aromatic carbocycles. The van der Waals surface area contributed by atoms with Crippen LogP contribution in [0.25, 0.3) is 17.4 Å². The molecule has 0 saturated heterocycles. The Hall–Kier alpha value is -3.35. The third-order valence-corrected chi connectivity index (χ3v) is 5.06. The molecule has 0 spiro atoms. The quantitative estimate of drug-likeness (QED) is 0.522. The minimum absolute atomic E-state index is 0.0705. The number of furan rings is 1. The Morgan fingerprint density at radius 3 is 2.67 bits per heavy atom. The highest BCUT2D eigenvalue weighted by Crippen LogP contribution is 2.33. The van der Waals surface area contributed by atoms with Crippen LogP contribution in [-0.2, 0) is 4.79 Å². The van der Waals surface area contributed by atoms with E-state index in [9.17, 15) is 9.59 Å². The Labute approximate surface area is 181 Å². The number of hydrogen-bond acceptors (Lipinski definition) is 4. The Bertz CT molecular complexity index is 1240. The van der Waals surface area contributed by atoms with Crippen molar-refractivity contribution in [1.82, 2.24) is 0 Å². The second kappa shape index (κ2) is 7.82. The number of carboxylic acids is 1. The van der Waals surface area contributed by atoms with Crippen LogP contribution in [0, 0.1) is 0 Å². The van der Waals surface area contributed by atoms with Crippen molar-refractivity contribution in [1.29, 1.82) is 0 Å². The second-order valence-corrected chi connectivity index (χ2v) is 7.39. The number of amides is 1. The number of rotatable bonds is 4. The van der Waals surface area contributed by atoms with Crippen LogP contribution in [0.1, 0.15) is 23.0 Å². The molecule has 30 heavy (non-hydrogen) atoms. The number of nitrogens with zero attached hydrogens (tertiary/aromatic N) is 2. The summed E-state index contributed by atoms with van der Waals surface area (Å²) in [7, 11) is 0. The SMILES string of the molecule is CC1=NN(c2cccc(C(=O)O)c2)C(=O)/C1=C\c1ccc(-c2ccc(Cl)cc2Cl)o1. The van der Waals surface area contributed by atoms with Crippen LogP contribution in [0.5, 0.6) is 0 Å². The van der Waals surface area contributed by atoms with E-state index in [0.717, 1.165) is 0 Å². The van der Waals surface area contributed by atoms with Gasteiger partial charge in [-0.3, -0.25) is 4.79 Å². The predicted octanol–water partition coefficient (Wildman–Crippen LogP) is 5.76. The monoisotopic (exact) mass is 440 g/mol. The highest BCUT2D eigenvalue weighted by Gasteiger charge is 2.29. The van der Waals surface area contributed by atoms with Crippen LogP contribution in [0.15, 0.2) is 69.7 Å². The molecule has 8 heteroatoms. The van der Waals surface area contributed by atoms with E-state index in [2.05, 4.69) is 5.10 Å². The van der Waals surface area contributed by atoms with Crippen LogP contribution in [-0.4, -0.2) is 22.7 Å². The Morgan fingerprint density at radius 2 is 1.93 bits per heavy atom. The third kappa shape index (κ3) is 3.75. The summed E-state index contributed by atoms with van der Waals surface area (Å²) in [4.78, 5) is 24.1. The summed E-state index contributed by atoms with van der Waals surface area (Å²) >= 11 is 12.2. The zero-order valence-corrected chi connectivity index (χ0v) is 17.1. The van der Waals surface area contributed by atoms with E-state index in [1.807, 2.05) is 0 Å². The van der Waals surface area contributed by atoms with Crippen molar-refractivity contribution in [2.45, 2.75) is 6.92 Å². The Kier molecular flexibility index (Phi) is 5.20. The normalized spacial score (nSPS) is 15.0. The number of hydrogen-bond donors (Lipinski definition) is 1. The van der Waals surface area contributed by atoms with Crippen molar-refractivity contribution in [2.24, 2.45) is 5.10 Å². The van der Waals surface area contributed by atoms with Gasteiger partial charge in [0.2, 0.25) is 0 Å². The Morgan fingerprint density at radius 1 is 1.13 bits per heavy atom. The van der Waals surface area contributed by atoms with Crippen LogP contribution >= 0.6 is 23.2 Å². The molecule has 4 rings (SSSR count). The van der Waals surface area contributed by atoms with Gasteiger partial charge in [0.05, 0.1) is 27.6 Å². The summed E-state index contributed by atoms with van der Waals surface area (Å²) < 4.78 is 5.83.